The van der Waals surface area contributed by atoms with Gasteiger partial charge in [0.2, 0.25) is 5.13 Å². The standard InChI is InChI=1S/C17H19N5OS/c1-12(2)8-15-20-21-17(24-15)19-16(23)14-9-18-22(11-14)10-13-6-4-3-5-7-13/h3-7,9,11-12H,8,10H2,1-2H3,(H,19,21,23). The molecular formula is C17H19N5OS. The molecule has 0 aliphatic heterocycles. The van der Waals surface area contributed by atoms with Crippen molar-refractivity contribution in [2.75, 3.05) is 5.32 Å². The zero-order chi connectivity index (χ0) is 16.9. The third-order valence-electron chi connectivity index (χ3n) is 3.35. The van der Waals surface area contributed by atoms with Crippen molar-refractivity contribution in [3.8, 4) is 0 Å². The van der Waals surface area contributed by atoms with Gasteiger partial charge in [-0.1, -0.05) is 55.5 Å². The lowest BCUT2D eigenvalue weighted by molar-refractivity contribution is 0.102. The maximum absolute atomic E-state index is 12.3. The molecule has 3 rings (SSSR count). The number of carbonyl (C=O) groups excluding carboxylic acids is 1. The fourth-order valence-corrected chi connectivity index (χ4v) is 3.19. The zero-order valence-corrected chi connectivity index (χ0v) is 14.5. The molecule has 6 nitrogen and oxygen atoms in total. The van der Waals surface area contributed by atoms with Crippen LogP contribution in [-0.4, -0.2) is 25.9 Å². The molecule has 0 aliphatic carbocycles. The first kappa shape index (κ1) is 16.3. The van der Waals surface area contributed by atoms with E-state index in [0.717, 1.165) is 17.0 Å². The molecule has 24 heavy (non-hydrogen) atoms. The lowest BCUT2D eigenvalue weighted by Crippen LogP contribution is -2.11. The fourth-order valence-electron chi connectivity index (χ4n) is 2.24. The molecule has 0 fully saturated rings. The van der Waals surface area contributed by atoms with Gasteiger partial charge in [-0.2, -0.15) is 5.10 Å². The van der Waals surface area contributed by atoms with Gasteiger partial charge in [-0.05, 0) is 11.5 Å². The molecule has 0 saturated carbocycles. The van der Waals surface area contributed by atoms with Crippen LogP contribution in [0.5, 0.6) is 0 Å². The average molecular weight is 341 g/mol. The second-order valence-electron chi connectivity index (χ2n) is 5.97. The van der Waals surface area contributed by atoms with E-state index in [-0.39, 0.29) is 5.91 Å². The molecule has 124 valence electrons. The van der Waals surface area contributed by atoms with Crippen molar-refractivity contribution in [1.82, 2.24) is 20.0 Å². The van der Waals surface area contributed by atoms with Crippen LogP contribution in [0.25, 0.3) is 0 Å². The van der Waals surface area contributed by atoms with Crippen LogP contribution in [0.15, 0.2) is 42.7 Å². The summed E-state index contributed by atoms with van der Waals surface area (Å²) in [5.41, 5.74) is 1.64. The maximum Gasteiger partial charge on any atom is 0.260 e. The lowest BCUT2D eigenvalue weighted by Gasteiger charge is -2.01. The van der Waals surface area contributed by atoms with Gasteiger partial charge >= 0.3 is 0 Å². The van der Waals surface area contributed by atoms with Crippen LogP contribution in [0.4, 0.5) is 5.13 Å². The topological polar surface area (TPSA) is 72.7 Å². The van der Waals surface area contributed by atoms with E-state index in [9.17, 15) is 4.79 Å². The molecule has 1 N–H and O–H groups in total. The Morgan fingerprint density at radius 1 is 1.25 bits per heavy atom. The van der Waals surface area contributed by atoms with Crippen molar-refractivity contribution < 1.29 is 4.79 Å². The van der Waals surface area contributed by atoms with Gasteiger partial charge in [-0.3, -0.25) is 14.8 Å². The van der Waals surface area contributed by atoms with Gasteiger partial charge in [-0.15, -0.1) is 10.2 Å². The molecule has 0 saturated heterocycles. The number of nitrogens with zero attached hydrogens (tertiary/aromatic N) is 4. The second kappa shape index (κ2) is 7.35. The summed E-state index contributed by atoms with van der Waals surface area (Å²) in [4.78, 5) is 12.3. The largest absolute Gasteiger partial charge is 0.296 e. The minimum atomic E-state index is -0.221. The summed E-state index contributed by atoms with van der Waals surface area (Å²) in [6, 6.07) is 9.99. The fraction of sp³-hybridized carbons (Fsp3) is 0.294. The van der Waals surface area contributed by atoms with Crippen LogP contribution < -0.4 is 5.32 Å². The molecule has 0 aliphatic rings. The van der Waals surface area contributed by atoms with Crippen LogP contribution in [0.3, 0.4) is 0 Å². The number of rotatable bonds is 6. The number of amides is 1. The summed E-state index contributed by atoms with van der Waals surface area (Å²) in [6.45, 7) is 4.88. The number of nitrogens with one attached hydrogen (secondary N) is 1. The molecule has 7 heteroatoms. The highest BCUT2D eigenvalue weighted by Gasteiger charge is 2.13. The first-order valence-corrected chi connectivity index (χ1v) is 8.62. The van der Waals surface area contributed by atoms with E-state index in [0.29, 0.717) is 23.2 Å². The molecule has 0 radical (unpaired) electrons. The van der Waals surface area contributed by atoms with Crippen LogP contribution in [0.1, 0.15) is 34.8 Å². The molecular weight excluding hydrogens is 322 g/mol. The molecule has 2 aromatic heterocycles. The zero-order valence-electron chi connectivity index (χ0n) is 13.6. The highest BCUT2D eigenvalue weighted by atomic mass is 32.1. The number of hydrogen-bond donors (Lipinski definition) is 1. The third kappa shape index (κ3) is 4.26. The van der Waals surface area contributed by atoms with Gasteiger partial charge in [0.1, 0.15) is 5.01 Å². The van der Waals surface area contributed by atoms with E-state index in [4.69, 9.17) is 0 Å². The highest BCUT2D eigenvalue weighted by molar-refractivity contribution is 7.15. The summed E-state index contributed by atoms with van der Waals surface area (Å²) in [7, 11) is 0. The average Bonchev–Trinajstić information content (AvgIpc) is 3.17. The Kier molecular flexibility index (Phi) is 5.00. The number of carbonyl (C=O) groups is 1. The Morgan fingerprint density at radius 3 is 2.79 bits per heavy atom. The molecule has 2 heterocycles. The van der Waals surface area contributed by atoms with Crippen molar-refractivity contribution in [2.24, 2.45) is 5.92 Å². The molecule has 0 spiro atoms. The number of anilines is 1. The first-order valence-electron chi connectivity index (χ1n) is 7.80. The van der Waals surface area contributed by atoms with Gasteiger partial charge < -0.3 is 0 Å². The third-order valence-corrected chi connectivity index (χ3v) is 4.21. The number of benzene rings is 1. The molecule has 1 amide bonds. The monoisotopic (exact) mass is 341 g/mol. The SMILES string of the molecule is CC(C)Cc1nnc(NC(=O)c2cnn(Cc3ccccc3)c2)s1. The molecule has 0 bridgehead atoms. The van der Waals surface area contributed by atoms with Crippen molar-refractivity contribution in [2.45, 2.75) is 26.8 Å². The number of hydrogen-bond acceptors (Lipinski definition) is 5. The smallest absolute Gasteiger partial charge is 0.260 e. The van der Waals surface area contributed by atoms with Crippen molar-refractivity contribution in [3.63, 3.8) is 0 Å². The normalized spacial score (nSPS) is 11.0. The Hall–Kier alpha value is -2.54. The molecule has 0 unspecified atom stereocenters. The predicted molar refractivity (Wildman–Crippen MR) is 94.2 cm³/mol. The van der Waals surface area contributed by atoms with Gasteiger partial charge in [-0.25, -0.2) is 0 Å². The molecule has 3 aromatic rings. The summed E-state index contributed by atoms with van der Waals surface area (Å²) in [5, 5.41) is 16.6. The quantitative estimate of drug-likeness (QED) is 0.747. The van der Waals surface area contributed by atoms with Gasteiger partial charge in [0.25, 0.3) is 5.91 Å². The van der Waals surface area contributed by atoms with E-state index in [1.807, 2.05) is 30.3 Å². The van der Waals surface area contributed by atoms with E-state index in [1.165, 1.54) is 11.3 Å². The Balaban J connectivity index is 1.62. The Morgan fingerprint density at radius 2 is 2.04 bits per heavy atom. The van der Waals surface area contributed by atoms with Gasteiger partial charge in [0, 0.05) is 12.6 Å². The van der Waals surface area contributed by atoms with Crippen LogP contribution in [-0.2, 0) is 13.0 Å². The van der Waals surface area contributed by atoms with Gasteiger partial charge in [0.05, 0.1) is 18.3 Å². The van der Waals surface area contributed by atoms with E-state index in [1.54, 1.807) is 17.1 Å². The second-order valence-corrected chi connectivity index (χ2v) is 7.03. The van der Waals surface area contributed by atoms with Crippen LogP contribution >= 0.6 is 11.3 Å². The predicted octanol–water partition coefficient (Wildman–Crippen LogP) is 3.23. The Labute approximate surface area is 144 Å². The molecule has 1 aromatic carbocycles. The van der Waals surface area contributed by atoms with E-state index < -0.39 is 0 Å². The van der Waals surface area contributed by atoms with Crippen LogP contribution in [0.2, 0.25) is 0 Å². The number of aromatic nitrogens is 4. The maximum atomic E-state index is 12.3. The Bertz CT molecular complexity index is 809. The van der Waals surface area contributed by atoms with Crippen molar-refractivity contribution >= 4 is 22.4 Å². The summed E-state index contributed by atoms with van der Waals surface area (Å²) in [6.07, 6.45) is 4.16. The summed E-state index contributed by atoms with van der Waals surface area (Å²) >= 11 is 1.41. The van der Waals surface area contributed by atoms with E-state index in [2.05, 4.69) is 34.5 Å². The minimum absolute atomic E-state index is 0.221. The van der Waals surface area contributed by atoms with Crippen molar-refractivity contribution in [3.05, 3.63) is 58.9 Å². The van der Waals surface area contributed by atoms with Crippen LogP contribution in [0, 0.1) is 5.92 Å². The highest BCUT2D eigenvalue weighted by Crippen LogP contribution is 2.19. The lowest BCUT2D eigenvalue weighted by atomic mass is 10.1. The van der Waals surface area contributed by atoms with Gasteiger partial charge in [0.15, 0.2) is 0 Å². The van der Waals surface area contributed by atoms with Crippen molar-refractivity contribution in [1.29, 1.82) is 0 Å². The first-order chi connectivity index (χ1) is 11.6. The summed E-state index contributed by atoms with van der Waals surface area (Å²) < 4.78 is 1.74. The molecule has 0 atom stereocenters. The van der Waals surface area contributed by atoms with E-state index >= 15 is 0 Å². The minimum Gasteiger partial charge on any atom is -0.296 e. The summed E-state index contributed by atoms with van der Waals surface area (Å²) in [5.74, 6) is 0.291.